The Bertz CT molecular complexity index is 564. The molecule has 0 aromatic heterocycles. The summed E-state index contributed by atoms with van der Waals surface area (Å²) in [5.74, 6) is 0. The molecule has 0 unspecified atom stereocenters. The maximum Gasteiger partial charge on any atom is -0.147 e. The van der Waals surface area contributed by atoms with Crippen LogP contribution in [0.3, 0.4) is 0 Å². The van der Waals surface area contributed by atoms with Gasteiger partial charge in [-0.15, -0.1) is 24.8 Å². The molecule has 0 fully saturated rings. The van der Waals surface area contributed by atoms with Crippen molar-refractivity contribution < 1.29 is 17.4 Å². The Hall–Kier alpha value is 0.640. The van der Waals surface area contributed by atoms with Gasteiger partial charge in [-0.2, -0.15) is 0 Å². The van der Waals surface area contributed by atoms with Crippen LogP contribution in [0.15, 0.2) is 41.0 Å². The number of hydrogen-bond donors (Lipinski definition) is 0. The average molecular weight is 411 g/mol. The van der Waals surface area contributed by atoms with Crippen molar-refractivity contribution >= 4 is 31.7 Å². The zero-order valence-corrected chi connectivity index (χ0v) is 19.1. The molecule has 0 saturated carbocycles. The molecule has 2 aliphatic rings. The summed E-state index contributed by atoms with van der Waals surface area (Å²) >= 11 is -2.84. The van der Waals surface area contributed by atoms with E-state index in [4.69, 9.17) is 0 Å². The molecule has 0 spiro atoms. The molecule has 0 amide bonds. The fourth-order valence-corrected chi connectivity index (χ4v) is 20.3. The van der Waals surface area contributed by atoms with Crippen LogP contribution in [0.2, 0.25) is 9.26 Å². The van der Waals surface area contributed by atoms with E-state index in [-0.39, 0.29) is 24.8 Å². The third kappa shape index (κ3) is 3.51. The molecule has 0 aromatic carbocycles. The molecular weight excluding hydrogens is 382 g/mol. The molecule has 2 aliphatic carbocycles. The van der Waals surface area contributed by atoms with Crippen LogP contribution < -0.4 is 0 Å². The third-order valence-electron chi connectivity index (χ3n) is 4.72. The van der Waals surface area contributed by atoms with E-state index in [1.807, 2.05) is 6.56 Å². The number of halogens is 2. The van der Waals surface area contributed by atoms with Gasteiger partial charge >= 0.3 is 115 Å². The maximum absolute atomic E-state index is 2.84. The van der Waals surface area contributed by atoms with Gasteiger partial charge in [-0.3, -0.25) is 0 Å². The minimum Gasteiger partial charge on any atom is -0.147 e. The van der Waals surface area contributed by atoms with Crippen LogP contribution in [0.4, 0.5) is 0 Å². The zero-order valence-electron chi connectivity index (χ0n) is 13.6. The summed E-state index contributed by atoms with van der Waals surface area (Å²) < 4.78 is 8.92. The number of allylic oxidation sites excluding steroid dienone is 8. The van der Waals surface area contributed by atoms with Crippen molar-refractivity contribution in [3.8, 4) is 0 Å². The summed E-state index contributed by atoms with van der Waals surface area (Å²) in [7, 11) is 0. The minimum absolute atomic E-state index is 0. The van der Waals surface area contributed by atoms with Crippen molar-refractivity contribution in [1.82, 2.24) is 0 Å². The van der Waals surface area contributed by atoms with Crippen molar-refractivity contribution in [3.63, 3.8) is 0 Å². The summed E-state index contributed by atoms with van der Waals surface area (Å²) in [6.45, 7) is 11.6. The van der Waals surface area contributed by atoms with Gasteiger partial charge in [0, 0.05) is 0 Å². The summed E-state index contributed by atoms with van der Waals surface area (Å²) in [6, 6.07) is 0. The molecule has 4 heteroatoms. The maximum atomic E-state index is 2.64. The van der Waals surface area contributed by atoms with E-state index < -0.39 is 17.4 Å². The van der Waals surface area contributed by atoms with Crippen molar-refractivity contribution in [2.45, 2.75) is 49.8 Å². The van der Waals surface area contributed by atoms with E-state index in [9.17, 15) is 0 Å². The first-order valence-corrected chi connectivity index (χ1v) is 20.2. The first-order chi connectivity index (χ1) is 8.10. The third-order valence-corrected chi connectivity index (χ3v) is 22.1. The standard InChI is InChI=1S/2C7H9.2CH3.2ClH.H2Si.Zr/c2*1-6-3-4-7(2)5-6;;;;;;/h2*5H,3H2,1-2H3;2*1H3;2*1H;1H2;. The molecule has 0 radical (unpaired) electrons. The summed E-state index contributed by atoms with van der Waals surface area (Å²) in [6.07, 6.45) is 7.30. The second-order valence-electron chi connectivity index (χ2n) is 7.34. The van der Waals surface area contributed by atoms with Crippen LogP contribution >= 0.6 is 24.8 Å². The van der Waals surface area contributed by atoms with Gasteiger partial charge in [-0.1, -0.05) is 0 Å². The molecule has 20 heavy (non-hydrogen) atoms. The first-order valence-electron chi connectivity index (χ1n) is 6.92. The van der Waals surface area contributed by atoms with E-state index in [0.29, 0.717) is 0 Å². The topological polar surface area (TPSA) is 0 Å². The zero-order chi connectivity index (χ0) is 13.7. The first kappa shape index (κ1) is 20.6. The van der Waals surface area contributed by atoms with Crippen LogP contribution in [0.1, 0.15) is 40.5 Å². The van der Waals surface area contributed by atoms with E-state index in [2.05, 4.69) is 56.0 Å². The van der Waals surface area contributed by atoms with Gasteiger partial charge in [0.15, 0.2) is 0 Å². The van der Waals surface area contributed by atoms with Gasteiger partial charge in [0.2, 0.25) is 0 Å². The number of hydrogen-bond acceptors (Lipinski definition) is 0. The Balaban J connectivity index is 0.00000180. The molecule has 0 aliphatic heterocycles. The second kappa shape index (κ2) is 6.41. The quantitative estimate of drug-likeness (QED) is 0.534. The Morgan fingerprint density at radius 2 is 1.10 bits per heavy atom. The Morgan fingerprint density at radius 3 is 1.30 bits per heavy atom. The van der Waals surface area contributed by atoms with Crippen LogP contribution in [0.5, 0.6) is 0 Å². The molecule has 0 nitrogen and oxygen atoms in total. The largest absolute Gasteiger partial charge is 0.147 e. The fraction of sp³-hybridized carbons (Fsp3) is 0.500. The minimum atomic E-state index is -2.84. The van der Waals surface area contributed by atoms with Gasteiger partial charge < -0.3 is 0 Å². The molecule has 0 bridgehead atoms. The summed E-state index contributed by atoms with van der Waals surface area (Å²) in [5.41, 5.74) is 6.25. The molecular formula is C16H28Cl2SiZr. The van der Waals surface area contributed by atoms with Crippen LogP contribution in [-0.2, 0) is 17.4 Å². The molecule has 0 aromatic rings. The molecule has 0 saturated heterocycles. The van der Waals surface area contributed by atoms with Crippen LogP contribution in [-0.4, -0.2) is 6.88 Å². The normalized spacial score (nSPS) is 19.6. The van der Waals surface area contributed by atoms with Gasteiger partial charge in [0.25, 0.3) is 0 Å². The van der Waals surface area contributed by atoms with Gasteiger partial charge in [0.1, 0.15) is 0 Å². The van der Waals surface area contributed by atoms with Gasteiger partial charge in [-0.25, -0.2) is 0 Å². The second-order valence-corrected chi connectivity index (χ2v) is 36.1. The SMILES string of the molecule is CC1=CC(C)=[C]([Zr]([CH3])([CH3])(=[SiH2])[C]2=C(C)C=C(C)C2)C1.Cl.Cl. The summed E-state index contributed by atoms with van der Waals surface area (Å²) in [5, 5.41) is 0. The Kier molecular flexibility index (Phi) is 6.61. The predicted molar refractivity (Wildman–Crippen MR) is 96.9 cm³/mol. The molecule has 0 heterocycles. The van der Waals surface area contributed by atoms with Crippen molar-refractivity contribution in [1.29, 1.82) is 0 Å². The van der Waals surface area contributed by atoms with E-state index in [0.717, 1.165) is 0 Å². The molecule has 114 valence electrons. The van der Waals surface area contributed by atoms with E-state index in [1.54, 1.807) is 22.3 Å². The fourth-order valence-electron chi connectivity index (χ4n) is 3.87. The molecule has 2 rings (SSSR count). The van der Waals surface area contributed by atoms with Gasteiger partial charge in [0.05, 0.1) is 0 Å². The van der Waals surface area contributed by atoms with E-state index >= 15 is 0 Å². The van der Waals surface area contributed by atoms with Crippen molar-refractivity contribution in [2.75, 3.05) is 0 Å². The Labute approximate surface area is 139 Å². The predicted octanol–water partition coefficient (Wildman–Crippen LogP) is 5.41. The van der Waals surface area contributed by atoms with Crippen molar-refractivity contribution in [2.24, 2.45) is 0 Å². The average Bonchev–Trinajstić information content (AvgIpc) is 2.70. The van der Waals surface area contributed by atoms with Crippen LogP contribution in [0, 0.1) is 0 Å². The Morgan fingerprint density at radius 1 is 0.800 bits per heavy atom. The van der Waals surface area contributed by atoms with E-state index in [1.165, 1.54) is 12.8 Å². The monoisotopic (exact) mass is 408 g/mol. The smallest absolute Gasteiger partial charge is 0.147 e. The van der Waals surface area contributed by atoms with Crippen molar-refractivity contribution in [3.05, 3.63) is 41.0 Å². The van der Waals surface area contributed by atoms with Gasteiger partial charge in [-0.05, 0) is 0 Å². The molecule has 0 atom stereocenters. The van der Waals surface area contributed by atoms with Crippen LogP contribution in [0.25, 0.3) is 0 Å². The number of rotatable bonds is 2. The molecule has 0 N–H and O–H groups in total. The summed E-state index contributed by atoms with van der Waals surface area (Å²) in [4.78, 5) is 0.